The Morgan fingerprint density at radius 1 is 1.25 bits per heavy atom. The van der Waals surface area contributed by atoms with Crippen molar-refractivity contribution in [1.82, 2.24) is 4.90 Å². The van der Waals surface area contributed by atoms with Gasteiger partial charge in [0, 0.05) is 22.5 Å². The molecule has 1 aromatic rings. The summed E-state index contributed by atoms with van der Waals surface area (Å²) in [5, 5.41) is 0.675. The van der Waals surface area contributed by atoms with E-state index >= 15 is 0 Å². The molecule has 1 rings (SSSR count). The van der Waals surface area contributed by atoms with Crippen LogP contribution in [0.1, 0.15) is 32.3 Å². The van der Waals surface area contributed by atoms with Crippen LogP contribution in [0, 0.1) is 0 Å². The number of methoxy groups -OCH3 is 1. The molecular formula is C15H25ClN2OS. The zero-order valence-electron chi connectivity index (χ0n) is 12.6. The van der Waals surface area contributed by atoms with Crippen LogP contribution in [0.25, 0.3) is 0 Å². The van der Waals surface area contributed by atoms with Crippen molar-refractivity contribution in [3.05, 3.63) is 16.7 Å². The molecule has 20 heavy (non-hydrogen) atoms. The minimum absolute atomic E-state index is 0.563. The molecule has 0 saturated heterocycles. The lowest BCUT2D eigenvalue weighted by Crippen LogP contribution is -2.28. The van der Waals surface area contributed by atoms with Crippen molar-refractivity contribution in [3.63, 3.8) is 0 Å². The average molecular weight is 317 g/mol. The number of nitrogens with two attached hydrogens (primary N) is 1. The van der Waals surface area contributed by atoms with Gasteiger partial charge in [-0.3, -0.25) is 0 Å². The predicted molar refractivity (Wildman–Crippen MR) is 90.4 cm³/mol. The van der Waals surface area contributed by atoms with E-state index in [0.717, 1.165) is 49.4 Å². The number of hydrogen-bond donors (Lipinski definition) is 2. The summed E-state index contributed by atoms with van der Waals surface area (Å²) in [4.78, 5) is 3.19. The summed E-state index contributed by atoms with van der Waals surface area (Å²) in [5.41, 5.74) is 7.58. The summed E-state index contributed by atoms with van der Waals surface area (Å²) in [6, 6.07) is 1.77. The molecule has 0 aromatic heterocycles. The zero-order valence-corrected chi connectivity index (χ0v) is 14.2. The van der Waals surface area contributed by atoms with Gasteiger partial charge >= 0.3 is 0 Å². The van der Waals surface area contributed by atoms with Crippen molar-refractivity contribution >= 4 is 29.9 Å². The molecule has 0 radical (unpaired) electrons. The predicted octanol–water partition coefficient (Wildman–Crippen LogP) is 3.88. The highest BCUT2D eigenvalue weighted by Crippen LogP contribution is 2.36. The molecule has 0 fully saturated rings. The SMILES string of the molecule is CCCN(CCC)CCc1c(Cl)cc(OC)c(N)c1S. The summed E-state index contributed by atoms with van der Waals surface area (Å²) in [5.74, 6) is 0.586. The summed E-state index contributed by atoms with van der Waals surface area (Å²) in [7, 11) is 1.58. The first-order chi connectivity index (χ1) is 9.54. The van der Waals surface area contributed by atoms with Crippen LogP contribution in [0.15, 0.2) is 11.0 Å². The molecule has 0 aliphatic rings. The number of ether oxygens (including phenoxy) is 1. The molecule has 5 heteroatoms. The Balaban J connectivity index is 2.84. The smallest absolute Gasteiger partial charge is 0.144 e. The highest BCUT2D eigenvalue weighted by molar-refractivity contribution is 7.80. The molecule has 2 N–H and O–H groups in total. The van der Waals surface area contributed by atoms with Crippen molar-refractivity contribution < 1.29 is 4.74 Å². The van der Waals surface area contributed by atoms with Crippen LogP contribution in [0.2, 0.25) is 5.02 Å². The normalized spacial score (nSPS) is 11.1. The Kier molecular flexibility index (Phi) is 7.56. The van der Waals surface area contributed by atoms with Gasteiger partial charge in [-0.2, -0.15) is 0 Å². The maximum Gasteiger partial charge on any atom is 0.144 e. The average Bonchev–Trinajstić information content (AvgIpc) is 2.43. The molecule has 0 bridgehead atoms. The number of nitrogens with zero attached hydrogens (tertiary/aromatic N) is 1. The van der Waals surface area contributed by atoms with Crippen molar-refractivity contribution in [2.45, 2.75) is 38.0 Å². The highest BCUT2D eigenvalue weighted by atomic mass is 35.5. The van der Waals surface area contributed by atoms with E-state index in [0.29, 0.717) is 16.5 Å². The molecule has 3 nitrogen and oxygen atoms in total. The van der Waals surface area contributed by atoms with Gasteiger partial charge < -0.3 is 15.4 Å². The summed E-state index contributed by atoms with van der Waals surface area (Å²) < 4.78 is 5.20. The largest absolute Gasteiger partial charge is 0.495 e. The quantitative estimate of drug-likeness (QED) is 0.564. The lowest BCUT2D eigenvalue weighted by Gasteiger charge is -2.22. The van der Waals surface area contributed by atoms with Gasteiger partial charge in [-0.1, -0.05) is 25.4 Å². The fourth-order valence-corrected chi connectivity index (χ4v) is 3.01. The maximum atomic E-state index is 6.32. The van der Waals surface area contributed by atoms with E-state index in [1.54, 1.807) is 13.2 Å². The standard InChI is InChI=1S/C15H25ClN2OS/c1-4-7-18(8-5-2)9-6-11-12(16)10-13(19-3)14(17)15(11)20/h10,20H,4-9,17H2,1-3H3. The summed E-state index contributed by atoms with van der Waals surface area (Å²) >= 11 is 10.8. The summed E-state index contributed by atoms with van der Waals surface area (Å²) in [6.45, 7) is 7.59. The molecule has 1 aromatic carbocycles. The second kappa shape index (κ2) is 8.65. The minimum atomic E-state index is 0.563. The minimum Gasteiger partial charge on any atom is -0.495 e. The molecule has 114 valence electrons. The number of nitrogen functional groups attached to an aromatic ring is 1. The third-order valence-electron chi connectivity index (χ3n) is 3.33. The number of halogens is 1. The van der Waals surface area contributed by atoms with Crippen LogP contribution in [0.5, 0.6) is 5.75 Å². The summed E-state index contributed by atoms with van der Waals surface area (Å²) in [6.07, 6.45) is 3.17. The number of hydrogen-bond acceptors (Lipinski definition) is 4. The first kappa shape index (κ1) is 17.5. The van der Waals surface area contributed by atoms with Crippen molar-refractivity contribution in [1.29, 1.82) is 0 Å². The number of thiol groups is 1. The lowest BCUT2D eigenvalue weighted by atomic mass is 10.1. The molecule has 0 atom stereocenters. The molecule has 0 spiro atoms. The Morgan fingerprint density at radius 2 is 1.85 bits per heavy atom. The monoisotopic (exact) mass is 316 g/mol. The molecule has 0 heterocycles. The van der Waals surface area contributed by atoms with E-state index in [9.17, 15) is 0 Å². The molecule has 0 saturated carbocycles. The van der Waals surface area contributed by atoms with Crippen LogP contribution in [0.4, 0.5) is 5.69 Å². The Bertz CT molecular complexity index is 434. The second-order valence-electron chi connectivity index (χ2n) is 4.89. The van der Waals surface area contributed by atoms with Crippen molar-refractivity contribution in [2.24, 2.45) is 0 Å². The third kappa shape index (κ3) is 4.47. The molecule has 0 amide bonds. The Labute approximate surface area is 132 Å². The number of anilines is 1. The maximum absolute atomic E-state index is 6.32. The van der Waals surface area contributed by atoms with Gasteiger partial charge in [0.15, 0.2) is 0 Å². The van der Waals surface area contributed by atoms with E-state index in [4.69, 9.17) is 22.1 Å². The van der Waals surface area contributed by atoms with Crippen molar-refractivity contribution in [3.8, 4) is 5.75 Å². The van der Waals surface area contributed by atoms with Crippen LogP contribution < -0.4 is 10.5 Å². The van der Waals surface area contributed by atoms with Crippen LogP contribution in [-0.2, 0) is 6.42 Å². The second-order valence-corrected chi connectivity index (χ2v) is 5.75. The van der Waals surface area contributed by atoms with Crippen LogP contribution >= 0.6 is 24.2 Å². The number of benzene rings is 1. The molecule has 0 aliphatic heterocycles. The van der Waals surface area contributed by atoms with Gasteiger partial charge in [0.25, 0.3) is 0 Å². The van der Waals surface area contributed by atoms with Crippen LogP contribution in [-0.4, -0.2) is 31.6 Å². The fraction of sp³-hybridized carbons (Fsp3) is 0.600. The van der Waals surface area contributed by atoms with E-state index < -0.39 is 0 Å². The molecule has 0 unspecified atom stereocenters. The van der Waals surface area contributed by atoms with Gasteiger partial charge in [0.1, 0.15) is 5.75 Å². The fourth-order valence-electron chi connectivity index (χ4n) is 2.32. The van der Waals surface area contributed by atoms with E-state index in [-0.39, 0.29) is 0 Å². The Morgan fingerprint density at radius 3 is 2.35 bits per heavy atom. The topological polar surface area (TPSA) is 38.5 Å². The molecular weight excluding hydrogens is 292 g/mol. The first-order valence-electron chi connectivity index (χ1n) is 7.11. The van der Waals surface area contributed by atoms with Gasteiger partial charge in [0.05, 0.1) is 12.8 Å². The van der Waals surface area contributed by atoms with Crippen molar-refractivity contribution in [2.75, 3.05) is 32.5 Å². The first-order valence-corrected chi connectivity index (χ1v) is 7.93. The third-order valence-corrected chi connectivity index (χ3v) is 4.18. The van der Waals surface area contributed by atoms with Crippen LogP contribution in [0.3, 0.4) is 0 Å². The van der Waals surface area contributed by atoms with Gasteiger partial charge in [-0.25, -0.2) is 0 Å². The highest BCUT2D eigenvalue weighted by Gasteiger charge is 2.14. The van der Waals surface area contributed by atoms with Gasteiger partial charge in [-0.05, 0) is 37.9 Å². The van der Waals surface area contributed by atoms with Gasteiger partial charge in [0.2, 0.25) is 0 Å². The Hall–Kier alpha value is -0.580. The number of rotatable bonds is 8. The van der Waals surface area contributed by atoms with E-state index in [1.807, 2.05) is 0 Å². The van der Waals surface area contributed by atoms with E-state index in [1.165, 1.54) is 0 Å². The van der Waals surface area contributed by atoms with Gasteiger partial charge in [-0.15, -0.1) is 12.6 Å². The van der Waals surface area contributed by atoms with E-state index in [2.05, 4.69) is 31.4 Å². The molecule has 0 aliphatic carbocycles. The lowest BCUT2D eigenvalue weighted by molar-refractivity contribution is 0.277. The zero-order chi connectivity index (χ0) is 15.1.